The number of anilines is 1. The molecule has 2 nitrogen and oxygen atoms in total. The van der Waals surface area contributed by atoms with Crippen LogP contribution in [0.3, 0.4) is 0 Å². The summed E-state index contributed by atoms with van der Waals surface area (Å²) in [4.78, 5) is 13.5. The summed E-state index contributed by atoms with van der Waals surface area (Å²) in [6.45, 7) is 7.78. The van der Waals surface area contributed by atoms with E-state index in [4.69, 9.17) is 0 Å². The normalized spacial score (nSPS) is 10.2. The fourth-order valence-corrected chi connectivity index (χ4v) is 2.79. The molecule has 0 aliphatic heterocycles. The van der Waals surface area contributed by atoms with Crippen LogP contribution < -0.4 is 5.32 Å². The van der Waals surface area contributed by atoms with Crippen LogP contribution in [-0.4, -0.2) is 11.7 Å². The average Bonchev–Trinajstić information content (AvgIpc) is 2.50. The molecule has 1 N–H and O–H groups in total. The lowest BCUT2D eigenvalue weighted by Gasteiger charge is -2.12. The Hall–Kier alpha value is -2.00. The van der Waals surface area contributed by atoms with Gasteiger partial charge in [0.05, 0.1) is 5.56 Å². The zero-order valence-electron chi connectivity index (χ0n) is 12.3. The number of carbonyl (C=O) groups is 1. The van der Waals surface area contributed by atoms with Gasteiger partial charge in [0, 0.05) is 16.3 Å². The molecule has 108 valence electrons. The molecule has 2 rings (SSSR count). The second-order valence-corrected chi connectivity index (χ2v) is 5.86. The highest BCUT2D eigenvalue weighted by atomic mass is 32.2. The Morgan fingerprint density at radius 1 is 1.19 bits per heavy atom. The van der Waals surface area contributed by atoms with Crippen LogP contribution in [0.4, 0.5) is 5.69 Å². The SMILES string of the molecule is C=CCSc1ccccc1C(=O)Nc1cccc(C)c1C. The summed E-state index contributed by atoms with van der Waals surface area (Å²) in [6.07, 6.45) is 1.84. The maximum Gasteiger partial charge on any atom is 0.256 e. The van der Waals surface area contributed by atoms with E-state index in [9.17, 15) is 4.79 Å². The predicted octanol–water partition coefficient (Wildman–Crippen LogP) is 4.83. The molecule has 2 aromatic rings. The standard InChI is InChI=1S/C18H19NOS/c1-4-12-21-17-11-6-5-9-15(17)18(20)19-16-10-7-8-13(2)14(16)3/h4-11H,1,12H2,2-3H3,(H,19,20). The molecule has 0 heterocycles. The van der Waals surface area contributed by atoms with Crippen molar-refractivity contribution in [2.75, 3.05) is 11.1 Å². The van der Waals surface area contributed by atoms with Crippen molar-refractivity contribution in [3.05, 3.63) is 71.8 Å². The van der Waals surface area contributed by atoms with Gasteiger partial charge in [0.2, 0.25) is 0 Å². The molecule has 2 aromatic carbocycles. The quantitative estimate of drug-likeness (QED) is 0.632. The van der Waals surface area contributed by atoms with E-state index in [1.54, 1.807) is 11.8 Å². The fourth-order valence-electron chi connectivity index (χ4n) is 2.00. The molecule has 0 unspecified atom stereocenters. The zero-order chi connectivity index (χ0) is 15.2. The number of amides is 1. The van der Waals surface area contributed by atoms with Crippen LogP contribution in [-0.2, 0) is 0 Å². The van der Waals surface area contributed by atoms with E-state index in [0.29, 0.717) is 5.56 Å². The molecule has 0 fully saturated rings. The average molecular weight is 297 g/mol. The van der Waals surface area contributed by atoms with Crippen molar-refractivity contribution in [2.24, 2.45) is 0 Å². The van der Waals surface area contributed by atoms with Crippen molar-refractivity contribution < 1.29 is 4.79 Å². The first-order valence-electron chi connectivity index (χ1n) is 6.83. The second kappa shape index (κ2) is 7.14. The van der Waals surface area contributed by atoms with E-state index >= 15 is 0 Å². The maximum atomic E-state index is 12.5. The van der Waals surface area contributed by atoms with E-state index in [2.05, 4.69) is 11.9 Å². The first-order valence-corrected chi connectivity index (χ1v) is 7.82. The van der Waals surface area contributed by atoms with E-state index in [1.165, 1.54) is 5.56 Å². The topological polar surface area (TPSA) is 29.1 Å². The monoisotopic (exact) mass is 297 g/mol. The molecule has 0 spiro atoms. The van der Waals surface area contributed by atoms with Gasteiger partial charge in [0.25, 0.3) is 5.91 Å². The highest BCUT2D eigenvalue weighted by molar-refractivity contribution is 7.99. The van der Waals surface area contributed by atoms with Crippen molar-refractivity contribution in [1.82, 2.24) is 0 Å². The van der Waals surface area contributed by atoms with Crippen LogP contribution in [0.5, 0.6) is 0 Å². The third kappa shape index (κ3) is 3.76. The summed E-state index contributed by atoms with van der Waals surface area (Å²) >= 11 is 1.61. The minimum Gasteiger partial charge on any atom is -0.322 e. The summed E-state index contributed by atoms with van der Waals surface area (Å²) in [5, 5.41) is 3.01. The molecule has 3 heteroatoms. The van der Waals surface area contributed by atoms with Crippen molar-refractivity contribution in [2.45, 2.75) is 18.7 Å². The third-order valence-corrected chi connectivity index (χ3v) is 4.41. The van der Waals surface area contributed by atoms with Crippen LogP contribution in [0.15, 0.2) is 60.0 Å². The second-order valence-electron chi connectivity index (χ2n) is 4.80. The molecular weight excluding hydrogens is 278 g/mol. The van der Waals surface area contributed by atoms with Crippen LogP contribution in [0.25, 0.3) is 0 Å². The van der Waals surface area contributed by atoms with Gasteiger partial charge in [-0.15, -0.1) is 18.3 Å². The Kier molecular flexibility index (Phi) is 5.23. The number of nitrogens with one attached hydrogen (secondary N) is 1. The molecule has 0 saturated heterocycles. The van der Waals surface area contributed by atoms with Crippen molar-refractivity contribution in [3.63, 3.8) is 0 Å². The molecule has 0 atom stereocenters. The van der Waals surface area contributed by atoms with Gasteiger partial charge in [-0.25, -0.2) is 0 Å². The lowest BCUT2D eigenvalue weighted by atomic mass is 10.1. The minimum absolute atomic E-state index is 0.0733. The first-order chi connectivity index (χ1) is 10.1. The molecule has 0 aliphatic carbocycles. The molecule has 0 saturated carbocycles. The molecule has 0 aliphatic rings. The van der Waals surface area contributed by atoms with Crippen LogP contribution in [0.2, 0.25) is 0 Å². The van der Waals surface area contributed by atoms with Gasteiger partial charge < -0.3 is 5.32 Å². The Morgan fingerprint density at radius 2 is 1.95 bits per heavy atom. The number of aryl methyl sites for hydroxylation is 1. The highest BCUT2D eigenvalue weighted by Gasteiger charge is 2.12. The van der Waals surface area contributed by atoms with Crippen LogP contribution in [0, 0.1) is 13.8 Å². The summed E-state index contributed by atoms with van der Waals surface area (Å²) < 4.78 is 0. The Balaban J connectivity index is 2.24. The first kappa shape index (κ1) is 15.4. The van der Waals surface area contributed by atoms with Gasteiger partial charge in [-0.1, -0.05) is 30.3 Å². The smallest absolute Gasteiger partial charge is 0.256 e. The Labute approximate surface area is 130 Å². The number of hydrogen-bond acceptors (Lipinski definition) is 2. The zero-order valence-corrected chi connectivity index (χ0v) is 13.2. The Bertz CT molecular complexity index is 664. The summed E-state index contributed by atoms with van der Waals surface area (Å²) in [6, 6.07) is 13.6. The largest absolute Gasteiger partial charge is 0.322 e. The van der Waals surface area contributed by atoms with Gasteiger partial charge in [-0.3, -0.25) is 4.79 Å². The van der Waals surface area contributed by atoms with Gasteiger partial charge in [0.1, 0.15) is 0 Å². The fraction of sp³-hybridized carbons (Fsp3) is 0.167. The van der Waals surface area contributed by atoms with E-state index in [-0.39, 0.29) is 5.91 Å². The molecule has 0 radical (unpaired) electrons. The van der Waals surface area contributed by atoms with Gasteiger partial charge >= 0.3 is 0 Å². The number of hydrogen-bond donors (Lipinski definition) is 1. The summed E-state index contributed by atoms with van der Waals surface area (Å²) in [5.74, 6) is 0.712. The molecule has 1 amide bonds. The van der Waals surface area contributed by atoms with Gasteiger partial charge in [0.15, 0.2) is 0 Å². The minimum atomic E-state index is -0.0733. The summed E-state index contributed by atoms with van der Waals surface area (Å²) in [5.41, 5.74) is 3.83. The van der Waals surface area contributed by atoms with Crippen LogP contribution >= 0.6 is 11.8 Å². The van der Waals surface area contributed by atoms with Crippen LogP contribution in [0.1, 0.15) is 21.5 Å². The van der Waals surface area contributed by atoms with Gasteiger partial charge in [-0.05, 0) is 43.2 Å². The molecular formula is C18H19NOS. The summed E-state index contributed by atoms with van der Waals surface area (Å²) in [7, 11) is 0. The van der Waals surface area contributed by atoms with E-state index in [0.717, 1.165) is 21.9 Å². The molecule has 0 aromatic heterocycles. The number of rotatable bonds is 5. The highest BCUT2D eigenvalue weighted by Crippen LogP contribution is 2.25. The van der Waals surface area contributed by atoms with E-state index in [1.807, 2.05) is 62.4 Å². The van der Waals surface area contributed by atoms with Crippen molar-refractivity contribution in [1.29, 1.82) is 0 Å². The predicted molar refractivity (Wildman–Crippen MR) is 91.2 cm³/mol. The lowest BCUT2D eigenvalue weighted by molar-refractivity contribution is 0.102. The number of carbonyl (C=O) groups excluding carboxylic acids is 1. The third-order valence-electron chi connectivity index (χ3n) is 3.34. The van der Waals surface area contributed by atoms with Crippen molar-refractivity contribution >= 4 is 23.4 Å². The lowest BCUT2D eigenvalue weighted by Crippen LogP contribution is -2.14. The number of benzene rings is 2. The Morgan fingerprint density at radius 3 is 2.71 bits per heavy atom. The maximum absolute atomic E-state index is 12.5. The van der Waals surface area contributed by atoms with Gasteiger partial charge in [-0.2, -0.15) is 0 Å². The molecule has 21 heavy (non-hydrogen) atoms. The molecule has 0 bridgehead atoms. The number of thioether (sulfide) groups is 1. The van der Waals surface area contributed by atoms with Crippen molar-refractivity contribution in [3.8, 4) is 0 Å². The van der Waals surface area contributed by atoms with E-state index < -0.39 is 0 Å².